The summed E-state index contributed by atoms with van der Waals surface area (Å²) in [6, 6.07) is 5.82. The highest BCUT2D eigenvalue weighted by molar-refractivity contribution is 7.80. The van der Waals surface area contributed by atoms with Gasteiger partial charge in [-0.15, -0.1) is 0 Å². The first-order chi connectivity index (χ1) is 13.3. The van der Waals surface area contributed by atoms with Crippen LogP contribution in [-0.4, -0.2) is 27.8 Å². The third-order valence-corrected chi connectivity index (χ3v) is 4.25. The summed E-state index contributed by atoms with van der Waals surface area (Å²) in [6.07, 6.45) is 1.47. The average molecular weight is 424 g/mol. The number of hydrazine groups is 1. The molecular weight excluding hydrogens is 406 g/mol. The molecule has 4 N–H and O–H groups in total. The SMILES string of the molecule is CCOC(=O)C1=C(C)N=C(Cl)/C(=C/NNC(N)=S)C1c1ccc([N+](=O)[O-])cc1. The number of ether oxygens (including phenoxy) is 1. The highest BCUT2D eigenvalue weighted by atomic mass is 35.5. The van der Waals surface area contributed by atoms with Crippen LogP contribution in [0.2, 0.25) is 0 Å². The lowest BCUT2D eigenvalue weighted by atomic mass is 9.82. The van der Waals surface area contributed by atoms with Crippen LogP contribution in [0, 0.1) is 10.1 Å². The predicted octanol–water partition coefficient (Wildman–Crippen LogP) is 2.39. The molecule has 1 heterocycles. The Bertz CT molecular complexity index is 895. The normalized spacial score (nSPS) is 17.8. The van der Waals surface area contributed by atoms with Crippen LogP contribution in [0.3, 0.4) is 0 Å². The molecule has 0 bridgehead atoms. The van der Waals surface area contributed by atoms with Crippen LogP contribution in [0.25, 0.3) is 0 Å². The number of hydrogen-bond acceptors (Lipinski definition) is 7. The van der Waals surface area contributed by atoms with Gasteiger partial charge in [-0.05, 0) is 31.6 Å². The van der Waals surface area contributed by atoms with Crippen molar-refractivity contribution in [1.82, 2.24) is 10.9 Å². The van der Waals surface area contributed by atoms with Crippen LogP contribution in [0.4, 0.5) is 5.69 Å². The summed E-state index contributed by atoms with van der Waals surface area (Å²) in [6.45, 7) is 3.52. The Morgan fingerprint density at radius 2 is 2.11 bits per heavy atom. The molecule has 0 aliphatic carbocycles. The molecule has 11 heteroatoms. The highest BCUT2D eigenvalue weighted by Gasteiger charge is 2.34. The lowest BCUT2D eigenvalue weighted by molar-refractivity contribution is -0.384. The number of carbonyl (C=O) groups excluding carboxylic acids is 1. The van der Waals surface area contributed by atoms with E-state index in [1.807, 2.05) is 0 Å². The fourth-order valence-corrected chi connectivity index (χ4v) is 3.04. The van der Waals surface area contributed by atoms with Gasteiger partial charge in [0.05, 0.1) is 22.8 Å². The number of benzene rings is 1. The molecule has 9 nitrogen and oxygen atoms in total. The molecule has 2 rings (SSSR count). The van der Waals surface area contributed by atoms with E-state index >= 15 is 0 Å². The first kappa shape index (κ1) is 21.3. The van der Waals surface area contributed by atoms with Crippen molar-refractivity contribution >= 4 is 45.8 Å². The standard InChI is InChI=1S/C17H18ClN5O4S/c1-3-27-16(24)13-9(2)21-15(18)12(8-20-22-17(19)28)14(13)10-4-6-11(7-5-10)23(25)26/h4-8,14,20H,3H2,1-2H3,(H3,19,22,28)/b12-8+. The third-order valence-electron chi connectivity index (χ3n) is 3.85. The van der Waals surface area contributed by atoms with Gasteiger partial charge in [0.2, 0.25) is 0 Å². The second-order valence-electron chi connectivity index (χ2n) is 5.64. The molecule has 0 radical (unpaired) electrons. The summed E-state index contributed by atoms with van der Waals surface area (Å²) in [7, 11) is 0. The smallest absolute Gasteiger partial charge is 0.336 e. The van der Waals surface area contributed by atoms with E-state index in [9.17, 15) is 14.9 Å². The Balaban J connectivity index is 2.57. The lowest BCUT2D eigenvalue weighted by Crippen LogP contribution is -2.38. The van der Waals surface area contributed by atoms with Gasteiger partial charge >= 0.3 is 5.97 Å². The molecule has 148 valence electrons. The predicted molar refractivity (Wildman–Crippen MR) is 110 cm³/mol. The minimum absolute atomic E-state index is 0.00458. The van der Waals surface area contributed by atoms with E-state index in [0.29, 0.717) is 16.8 Å². The number of nitrogens with two attached hydrogens (primary N) is 1. The minimum Gasteiger partial charge on any atom is -0.463 e. The number of halogens is 1. The largest absolute Gasteiger partial charge is 0.463 e. The van der Waals surface area contributed by atoms with Crippen molar-refractivity contribution in [3.05, 3.63) is 63.0 Å². The van der Waals surface area contributed by atoms with Crippen molar-refractivity contribution in [3.8, 4) is 0 Å². The highest BCUT2D eigenvalue weighted by Crippen LogP contribution is 2.40. The molecule has 1 aliphatic heterocycles. The second-order valence-corrected chi connectivity index (χ2v) is 6.43. The maximum absolute atomic E-state index is 12.6. The quantitative estimate of drug-likeness (QED) is 0.275. The van der Waals surface area contributed by atoms with Crippen molar-refractivity contribution in [2.45, 2.75) is 19.8 Å². The molecule has 0 spiro atoms. The van der Waals surface area contributed by atoms with Gasteiger partial charge in [0, 0.05) is 29.8 Å². The van der Waals surface area contributed by atoms with Crippen molar-refractivity contribution in [1.29, 1.82) is 0 Å². The molecule has 1 unspecified atom stereocenters. The van der Waals surface area contributed by atoms with Crippen molar-refractivity contribution < 1.29 is 14.5 Å². The number of nitro groups is 1. The number of rotatable bonds is 6. The van der Waals surface area contributed by atoms with Crippen LogP contribution in [0.15, 0.2) is 52.3 Å². The molecular formula is C17H18ClN5O4S. The molecule has 0 fully saturated rings. The number of nitrogens with one attached hydrogen (secondary N) is 2. The van der Waals surface area contributed by atoms with Crippen LogP contribution in [0.1, 0.15) is 25.3 Å². The summed E-state index contributed by atoms with van der Waals surface area (Å²) in [5.41, 5.74) is 12.3. The van der Waals surface area contributed by atoms with Gasteiger partial charge in [-0.25, -0.2) is 9.79 Å². The number of non-ortho nitro benzene ring substituents is 1. The number of esters is 1. The van der Waals surface area contributed by atoms with E-state index < -0.39 is 16.8 Å². The summed E-state index contributed by atoms with van der Waals surface area (Å²) < 4.78 is 5.17. The Morgan fingerprint density at radius 1 is 1.46 bits per heavy atom. The molecule has 0 saturated heterocycles. The van der Waals surface area contributed by atoms with E-state index in [0.717, 1.165) is 0 Å². The molecule has 28 heavy (non-hydrogen) atoms. The van der Waals surface area contributed by atoms with Gasteiger partial charge in [0.15, 0.2) is 5.11 Å². The summed E-state index contributed by atoms with van der Waals surface area (Å²) in [5, 5.41) is 11.1. The van der Waals surface area contributed by atoms with E-state index in [1.165, 1.54) is 18.3 Å². The Kier molecular flexibility index (Phi) is 7.07. The molecule has 0 amide bonds. The van der Waals surface area contributed by atoms with Crippen LogP contribution in [-0.2, 0) is 9.53 Å². The van der Waals surface area contributed by atoms with E-state index in [4.69, 9.17) is 34.3 Å². The number of aliphatic imine (C=N–C) groups is 1. The summed E-state index contributed by atoms with van der Waals surface area (Å²) >= 11 is 11.1. The fourth-order valence-electron chi connectivity index (χ4n) is 2.69. The number of nitrogens with zero attached hydrogens (tertiary/aromatic N) is 2. The van der Waals surface area contributed by atoms with Crippen LogP contribution >= 0.6 is 23.8 Å². The molecule has 0 saturated carbocycles. The minimum atomic E-state index is -0.662. The Hall–Kier alpha value is -2.98. The van der Waals surface area contributed by atoms with Gasteiger partial charge in [0.1, 0.15) is 5.17 Å². The Morgan fingerprint density at radius 3 is 2.64 bits per heavy atom. The zero-order valence-corrected chi connectivity index (χ0v) is 16.6. The molecule has 1 aliphatic rings. The number of nitro benzene ring substituents is 1. The molecule has 1 atom stereocenters. The Labute approximate surface area is 171 Å². The van der Waals surface area contributed by atoms with Gasteiger partial charge in [-0.2, -0.15) is 0 Å². The van der Waals surface area contributed by atoms with Crippen molar-refractivity contribution in [2.24, 2.45) is 10.7 Å². The average Bonchev–Trinajstić information content (AvgIpc) is 2.63. The monoisotopic (exact) mass is 423 g/mol. The second kappa shape index (κ2) is 9.29. The van der Waals surface area contributed by atoms with Crippen LogP contribution in [0.5, 0.6) is 0 Å². The zero-order chi connectivity index (χ0) is 20.8. The number of carbonyl (C=O) groups is 1. The van der Waals surface area contributed by atoms with E-state index in [2.05, 4.69) is 15.8 Å². The summed E-state index contributed by atoms with van der Waals surface area (Å²) in [5.74, 6) is -1.21. The van der Waals surface area contributed by atoms with E-state index in [-0.39, 0.29) is 28.2 Å². The van der Waals surface area contributed by atoms with E-state index in [1.54, 1.807) is 26.0 Å². The molecule has 0 aromatic heterocycles. The van der Waals surface area contributed by atoms with Gasteiger partial charge in [0.25, 0.3) is 5.69 Å². The number of thiocarbonyl (C=S) groups is 1. The number of hydrogen-bond donors (Lipinski definition) is 3. The topological polar surface area (TPSA) is 132 Å². The third kappa shape index (κ3) is 4.84. The van der Waals surface area contributed by atoms with Gasteiger partial charge < -0.3 is 15.9 Å². The van der Waals surface area contributed by atoms with Crippen molar-refractivity contribution in [3.63, 3.8) is 0 Å². The molecule has 1 aromatic rings. The van der Waals surface area contributed by atoms with Crippen molar-refractivity contribution in [2.75, 3.05) is 6.61 Å². The first-order valence-electron chi connectivity index (χ1n) is 8.14. The summed E-state index contributed by atoms with van der Waals surface area (Å²) in [4.78, 5) is 27.3. The zero-order valence-electron chi connectivity index (χ0n) is 15.1. The lowest BCUT2D eigenvalue weighted by Gasteiger charge is -2.27. The van der Waals surface area contributed by atoms with Gasteiger partial charge in [-0.3, -0.25) is 15.5 Å². The van der Waals surface area contributed by atoms with Gasteiger partial charge in [-0.1, -0.05) is 23.7 Å². The van der Waals surface area contributed by atoms with Crippen LogP contribution < -0.4 is 16.6 Å². The maximum Gasteiger partial charge on any atom is 0.336 e. The first-order valence-corrected chi connectivity index (χ1v) is 8.92. The number of allylic oxidation sites excluding steroid dienone is 2. The maximum atomic E-state index is 12.6. The fraction of sp³-hybridized carbons (Fsp3) is 0.235. The molecule has 1 aromatic carbocycles.